The van der Waals surface area contributed by atoms with Gasteiger partial charge < -0.3 is 10.1 Å². The maximum Gasteiger partial charge on any atom is 0.331 e. The summed E-state index contributed by atoms with van der Waals surface area (Å²) in [5.74, 6) is 2.90. The van der Waals surface area contributed by atoms with Crippen LogP contribution in [0.25, 0.3) is 0 Å². The summed E-state index contributed by atoms with van der Waals surface area (Å²) in [6.45, 7) is 10.6. The Morgan fingerprint density at radius 2 is 2.00 bits per heavy atom. The molecule has 0 radical (unpaired) electrons. The van der Waals surface area contributed by atoms with Gasteiger partial charge in [-0.1, -0.05) is 25.5 Å². The second-order valence-electron chi connectivity index (χ2n) is 12.3. The van der Waals surface area contributed by atoms with E-state index in [1.807, 2.05) is 0 Å². The lowest BCUT2D eigenvalue weighted by Gasteiger charge is -2.60. The molecule has 2 aliphatic heterocycles. The fourth-order valence-corrected chi connectivity index (χ4v) is 9.28. The van der Waals surface area contributed by atoms with Crippen molar-refractivity contribution in [2.45, 2.75) is 77.7 Å². The predicted octanol–water partition coefficient (Wildman–Crippen LogP) is 4.71. The number of nitrogens with zero attached hydrogens (tertiary/aromatic N) is 1. The van der Waals surface area contributed by atoms with Gasteiger partial charge in [0.15, 0.2) is 0 Å². The van der Waals surface area contributed by atoms with Crippen LogP contribution in [0, 0.1) is 34.5 Å². The average molecular weight is 439 g/mol. The highest BCUT2D eigenvalue weighted by Gasteiger charge is 2.58. The van der Waals surface area contributed by atoms with Crippen molar-refractivity contribution in [3.05, 3.63) is 23.3 Å². The highest BCUT2D eigenvalue weighted by atomic mass is 16.5. The summed E-state index contributed by atoms with van der Waals surface area (Å²) in [5.41, 5.74) is 3.80. The van der Waals surface area contributed by atoms with E-state index in [1.165, 1.54) is 83.1 Å². The van der Waals surface area contributed by atoms with Crippen molar-refractivity contribution < 1.29 is 9.53 Å². The fourth-order valence-electron chi connectivity index (χ4n) is 9.28. The van der Waals surface area contributed by atoms with Crippen LogP contribution in [-0.4, -0.2) is 49.7 Å². The Kier molecular flexibility index (Phi) is 5.34. The number of fused-ring (bicyclic) bond motifs is 5. The van der Waals surface area contributed by atoms with Crippen molar-refractivity contribution in [3.63, 3.8) is 0 Å². The molecule has 0 aromatic heterocycles. The first-order valence-electron chi connectivity index (χ1n) is 13.5. The van der Waals surface area contributed by atoms with Gasteiger partial charge in [0, 0.05) is 25.2 Å². The van der Waals surface area contributed by atoms with Gasteiger partial charge >= 0.3 is 5.97 Å². The van der Waals surface area contributed by atoms with E-state index in [1.54, 1.807) is 11.6 Å². The average Bonchev–Trinajstić information content (AvgIpc) is 3.24. The van der Waals surface area contributed by atoms with E-state index in [-0.39, 0.29) is 11.4 Å². The fraction of sp³-hybridized carbons (Fsp3) is 0.821. The molecule has 4 fully saturated rings. The highest BCUT2D eigenvalue weighted by Crippen LogP contribution is 2.66. The number of hydrogen-bond acceptors (Lipinski definition) is 4. The van der Waals surface area contributed by atoms with Gasteiger partial charge in [0.05, 0.1) is 0 Å². The highest BCUT2D eigenvalue weighted by molar-refractivity contribution is 5.85. The number of cyclic esters (lactones) is 1. The first-order valence-corrected chi connectivity index (χ1v) is 13.5. The topological polar surface area (TPSA) is 41.6 Å². The predicted molar refractivity (Wildman–Crippen MR) is 127 cm³/mol. The zero-order valence-corrected chi connectivity index (χ0v) is 20.2. The molecular weight excluding hydrogens is 396 g/mol. The molecule has 6 aliphatic rings. The number of rotatable bonds is 2. The Labute approximate surface area is 194 Å². The van der Waals surface area contributed by atoms with E-state index in [9.17, 15) is 4.79 Å². The largest absolute Gasteiger partial charge is 0.458 e. The number of carbonyl (C=O) groups excluding carboxylic acids is 1. The van der Waals surface area contributed by atoms with E-state index >= 15 is 0 Å². The van der Waals surface area contributed by atoms with Crippen LogP contribution in [0.2, 0.25) is 0 Å². The third-order valence-corrected chi connectivity index (χ3v) is 11.1. The summed E-state index contributed by atoms with van der Waals surface area (Å²) in [5, 5.41) is 3.59. The number of nitrogens with one attached hydrogen (secondary N) is 1. The smallest absolute Gasteiger partial charge is 0.331 e. The molecule has 1 N–H and O–H groups in total. The Balaban J connectivity index is 1.19. The minimum atomic E-state index is -0.129. The van der Waals surface area contributed by atoms with E-state index < -0.39 is 0 Å². The third kappa shape index (κ3) is 3.27. The van der Waals surface area contributed by atoms with Gasteiger partial charge in [0.2, 0.25) is 0 Å². The Morgan fingerprint density at radius 1 is 1.09 bits per heavy atom. The summed E-state index contributed by atoms with van der Waals surface area (Å²) in [4.78, 5) is 14.6. The molecule has 0 spiro atoms. The summed E-state index contributed by atoms with van der Waals surface area (Å²) >= 11 is 0. The molecule has 1 saturated heterocycles. The first kappa shape index (κ1) is 21.4. The maximum atomic E-state index is 11.7. The Hall–Kier alpha value is -1.13. The molecule has 3 saturated carbocycles. The zero-order chi connectivity index (χ0) is 21.9. The second-order valence-corrected chi connectivity index (χ2v) is 12.3. The lowest BCUT2D eigenvalue weighted by Crippen LogP contribution is -2.54. The van der Waals surface area contributed by atoms with Crippen LogP contribution in [0.15, 0.2) is 23.3 Å². The molecule has 176 valence electrons. The van der Waals surface area contributed by atoms with Gasteiger partial charge in [-0.05, 0) is 111 Å². The van der Waals surface area contributed by atoms with E-state index in [4.69, 9.17) is 4.74 Å². The number of hydrogen-bond donors (Lipinski definition) is 1. The molecular formula is C28H42N2O2. The molecule has 6 rings (SSSR count). The van der Waals surface area contributed by atoms with E-state index in [0.717, 1.165) is 30.2 Å². The molecule has 1 unspecified atom stereocenters. The molecule has 4 heteroatoms. The normalized spacial score (nSPS) is 46.9. The van der Waals surface area contributed by atoms with E-state index in [0.29, 0.717) is 17.9 Å². The van der Waals surface area contributed by atoms with Gasteiger partial charge in [-0.25, -0.2) is 4.79 Å². The van der Waals surface area contributed by atoms with Gasteiger partial charge in [0.25, 0.3) is 0 Å². The summed E-state index contributed by atoms with van der Waals surface area (Å²) in [7, 11) is 0. The van der Waals surface area contributed by atoms with Crippen LogP contribution in [0.4, 0.5) is 0 Å². The molecule has 0 aromatic carbocycles. The molecule has 7 atom stereocenters. The van der Waals surface area contributed by atoms with Crippen LogP contribution in [0.1, 0.15) is 71.6 Å². The van der Waals surface area contributed by atoms with Gasteiger partial charge in [-0.2, -0.15) is 0 Å². The standard InChI is InChI=1S/C28H42N2O2/c1-27-10-8-21(30-14-3-12-29-13-15-30)17-20(27)4-5-22-24-7-6-23(19-16-26(31)32-18-19)28(24,2)11-9-25(22)27/h7,16,20-23,25,29H,3-6,8-15,17-18H2,1-2H3/t20-,21?,22+,23-,25+,27+,28-/m1/s1. The first-order chi connectivity index (χ1) is 15.5. The SMILES string of the molecule is C[C@]12CCC(N3CCCNCC3)C[C@H]1CC[C@H]1C3=CC[C@H](C4=CC(=O)OC4)[C@@]3(C)CC[C@@H]12. The molecule has 2 heterocycles. The van der Waals surface area contributed by atoms with Crippen molar-refractivity contribution in [2.24, 2.45) is 34.5 Å². The van der Waals surface area contributed by atoms with Crippen molar-refractivity contribution in [1.29, 1.82) is 0 Å². The van der Waals surface area contributed by atoms with Crippen molar-refractivity contribution in [1.82, 2.24) is 10.2 Å². The van der Waals surface area contributed by atoms with Crippen LogP contribution in [-0.2, 0) is 9.53 Å². The minimum absolute atomic E-state index is 0.129. The molecule has 0 aromatic rings. The Morgan fingerprint density at radius 3 is 2.84 bits per heavy atom. The number of carbonyl (C=O) groups is 1. The molecule has 0 amide bonds. The quantitative estimate of drug-likeness (QED) is 0.501. The monoisotopic (exact) mass is 438 g/mol. The van der Waals surface area contributed by atoms with Crippen molar-refractivity contribution >= 4 is 5.97 Å². The lowest BCUT2D eigenvalue weighted by atomic mass is 9.45. The van der Waals surface area contributed by atoms with Crippen LogP contribution in [0.5, 0.6) is 0 Å². The van der Waals surface area contributed by atoms with Crippen LogP contribution in [0.3, 0.4) is 0 Å². The third-order valence-electron chi connectivity index (χ3n) is 11.1. The van der Waals surface area contributed by atoms with Gasteiger partial charge in [-0.15, -0.1) is 0 Å². The van der Waals surface area contributed by atoms with Crippen molar-refractivity contribution in [2.75, 3.05) is 32.8 Å². The second kappa shape index (κ2) is 7.98. The summed E-state index contributed by atoms with van der Waals surface area (Å²) in [6, 6.07) is 0.820. The number of allylic oxidation sites excluding steroid dienone is 2. The van der Waals surface area contributed by atoms with Gasteiger partial charge in [0.1, 0.15) is 6.61 Å². The summed E-state index contributed by atoms with van der Waals surface area (Å²) in [6.07, 6.45) is 16.6. The van der Waals surface area contributed by atoms with Crippen molar-refractivity contribution in [3.8, 4) is 0 Å². The zero-order valence-electron chi connectivity index (χ0n) is 20.2. The van der Waals surface area contributed by atoms with Crippen LogP contribution >= 0.6 is 0 Å². The number of esters is 1. The molecule has 32 heavy (non-hydrogen) atoms. The lowest BCUT2D eigenvalue weighted by molar-refractivity contribution is -0.135. The number of ether oxygens (including phenoxy) is 1. The van der Waals surface area contributed by atoms with Crippen LogP contribution < -0.4 is 5.32 Å². The summed E-state index contributed by atoms with van der Waals surface area (Å²) < 4.78 is 5.30. The Bertz CT molecular complexity index is 825. The molecule has 4 aliphatic carbocycles. The molecule has 0 bridgehead atoms. The minimum Gasteiger partial charge on any atom is -0.458 e. The maximum absolute atomic E-state index is 11.7. The van der Waals surface area contributed by atoms with E-state index in [2.05, 4.69) is 30.1 Å². The molecule has 4 nitrogen and oxygen atoms in total. The van der Waals surface area contributed by atoms with Gasteiger partial charge in [-0.3, -0.25) is 4.90 Å².